The van der Waals surface area contributed by atoms with Crippen LogP contribution < -0.4 is 0 Å². The van der Waals surface area contributed by atoms with Crippen LogP contribution in [0.1, 0.15) is 18.9 Å². The maximum absolute atomic E-state index is 5.94. The summed E-state index contributed by atoms with van der Waals surface area (Å²) in [5.74, 6) is 0. The Morgan fingerprint density at radius 1 is 1.43 bits per heavy atom. The molecule has 0 saturated carbocycles. The summed E-state index contributed by atoms with van der Waals surface area (Å²) in [6, 6.07) is 10.0. The number of hydrogen-bond donors (Lipinski definition) is 0. The minimum atomic E-state index is -0.0000350. The van der Waals surface area contributed by atoms with E-state index in [2.05, 4.69) is 5.16 Å². The maximum Gasteiger partial charge on any atom is 0.149 e. The van der Waals surface area contributed by atoms with Gasteiger partial charge in [0.25, 0.3) is 0 Å². The van der Waals surface area contributed by atoms with Gasteiger partial charge in [-0.05, 0) is 12.5 Å². The van der Waals surface area contributed by atoms with Crippen LogP contribution in [-0.2, 0) is 4.84 Å². The van der Waals surface area contributed by atoms with Crippen molar-refractivity contribution in [1.82, 2.24) is 0 Å². The molecule has 0 saturated heterocycles. The normalized spacial score (nSPS) is 22.7. The van der Waals surface area contributed by atoms with Crippen molar-refractivity contribution in [2.75, 3.05) is 0 Å². The fourth-order valence-electron chi connectivity index (χ4n) is 1.44. The Morgan fingerprint density at radius 2 is 2.14 bits per heavy atom. The van der Waals surface area contributed by atoms with E-state index in [1.54, 1.807) is 0 Å². The number of alkyl halides is 1. The minimum Gasteiger partial charge on any atom is -0.390 e. The monoisotopic (exact) mass is 209 g/mol. The molecule has 3 heteroatoms. The molecule has 0 aliphatic carbocycles. The van der Waals surface area contributed by atoms with Crippen LogP contribution >= 0.6 is 11.6 Å². The second-order valence-electron chi connectivity index (χ2n) is 3.43. The molecule has 0 aromatic heterocycles. The van der Waals surface area contributed by atoms with Crippen LogP contribution in [0.5, 0.6) is 0 Å². The highest BCUT2D eigenvalue weighted by atomic mass is 35.5. The second-order valence-corrected chi connectivity index (χ2v) is 4.12. The molecular weight excluding hydrogens is 198 g/mol. The van der Waals surface area contributed by atoms with E-state index in [1.807, 2.05) is 37.3 Å². The Labute approximate surface area is 88.5 Å². The van der Waals surface area contributed by atoms with Crippen LogP contribution in [0.15, 0.2) is 35.5 Å². The van der Waals surface area contributed by atoms with Crippen LogP contribution in [-0.4, -0.2) is 17.2 Å². The van der Waals surface area contributed by atoms with Gasteiger partial charge in [-0.2, -0.15) is 0 Å². The van der Waals surface area contributed by atoms with E-state index >= 15 is 0 Å². The molecular formula is C11H12ClNO. The van der Waals surface area contributed by atoms with Gasteiger partial charge in [0, 0.05) is 6.42 Å². The standard InChI is InChI=1S/C11H12ClNO/c1-8(12)11-7-10(13-14-11)9-5-3-2-4-6-9/h2-6,8,11H,7H2,1H3/t8-,11-/m0/s1. The van der Waals surface area contributed by atoms with Crippen LogP contribution in [0.2, 0.25) is 0 Å². The van der Waals surface area contributed by atoms with E-state index in [1.165, 1.54) is 0 Å². The number of halogens is 1. The molecule has 0 N–H and O–H groups in total. The highest BCUT2D eigenvalue weighted by Gasteiger charge is 2.25. The zero-order chi connectivity index (χ0) is 9.97. The molecule has 1 aliphatic heterocycles. The number of nitrogens with zero attached hydrogens (tertiary/aromatic N) is 1. The van der Waals surface area contributed by atoms with Gasteiger partial charge in [-0.3, -0.25) is 0 Å². The molecule has 0 radical (unpaired) electrons. The smallest absolute Gasteiger partial charge is 0.149 e. The molecule has 14 heavy (non-hydrogen) atoms. The van der Waals surface area contributed by atoms with E-state index in [-0.39, 0.29) is 11.5 Å². The van der Waals surface area contributed by atoms with Crippen molar-refractivity contribution in [2.24, 2.45) is 5.16 Å². The highest BCUT2D eigenvalue weighted by molar-refractivity contribution is 6.21. The van der Waals surface area contributed by atoms with Crippen molar-refractivity contribution in [3.8, 4) is 0 Å². The first-order chi connectivity index (χ1) is 6.77. The van der Waals surface area contributed by atoms with Gasteiger partial charge in [-0.25, -0.2) is 0 Å². The van der Waals surface area contributed by atoms with Gasteiger partial charge in [0.2, 0.25) is 0 Å². The number of rotatable bonds is 2. The summed E-state index contributed by atoms with van der Waals surface area (Å²) in [5, 5.41) is 4.04. The summed E-state index contributed by atoms with van der Waals surface area (Å²) in [6.07, 6.45) is 0.821. The average Bonchev–Trinajstić information content (AvgIpc) is 2.68. The van der Waals surface area contributed by atoms with Crippen molar-refractivity contribution < 1.29 is 4.84 Å². The Hall–Kier alpha value is -1.02. The molecule has 2 rings (SSSR count). The first-order valence-electron chi connectivity index (χ1n) is 4.69. The lowest BCUT2D eigenvalue weighted by atomic mass is 10.0. The van der Waals surface area contributed by atoms with E-state index in [4.69, 9.17) is 16.4 Å². The van der Waals surface area contributed by atoms with Crippen LogP contribution in [0.25, 0.3) is 0 Å². The largest absolute Gasteiger partial charge is 0.390 e. The first kappa shape index (κ1) is 9.53. The quantitative estimate of drug-likeness (QED) is 0.687. The third-order valence-electron chi connectivity index (χ3n) is 2.31. The molecule has 0 bridgehead atoms. The molecule has 2 nitrogen and oxygen atoms in total. The Balaban J connectivity index is 2.09. The van der Waals surface area contributed by atoms with Gasteiger partial charge in [0.05, 0.1) is 11.1 Å². The van der Waals surface area contributed by atoms with Crippen molar-refractivity contribution >= 4 is 17.3 Å². The molecule has 1 aromatic rings. The van der Waals surface area contributed by atoms with Crippen LogP contribution in [0.3, 0.4) is 0 Å². The molecule has 1 aliphatic rings. The van der Waals surface area contributed by atoms with Gasteiger partial charge in [0.1, 0.15) is 6.10 Å². The van der Waals surface area contributed by atoms with Crippen molar-refractivity contribution in [1.29, 1.82) is 0 Å². The molecule has 0 unspecified atom stereocenters. The fourth-order valence-corrected chi connectivity index (χ4v) is 1.58. The summed E-state index contributed by atoms with van der Waals surface area (Å²) in [5.41, 5.74) is 2.11. The fraction of sp³-hybridized carbons (Fsp3) is 0.364. The molecule has 1 heterocycles. The second kappa shape index (κ2) is 4.01. The van der Waals surface area contributed by atoms with E-state index in [0.29, 0.717) is 0 Å². The molecule has 0 amide bonds. The molecule has 2 atom stereocenters. The summed E-state index contributed by atoms with van der Waals surface area (Å²) in [4.78, 5) is 5.24. The van der Waals surface area contributed by atoms with Crippen molar-refractivity contribution in [3.63, 3.8) is 0 Å². The summed E-state index contributed by atoms with van der Waals surface area (Å²) < 4.78 is 0. The lowest BCUT2D eigenvalue weighted by Gasteiger charge is -2.08. The zero-order valence-electron chi connectivity index (χ0n) is 7.98. The summed E-state index contributed by atoms with van der Waals surface area (Å²) in [7, 11) is 0. The molecule has 0 fully saturated rings. The van der Waals surface area contributed by atoms with Gasteiger partial charge < -0.3 is 4.84 Å². The minimum absolute atomic E-state index is 0.0000350. The van der Waals surface area contributed by atoms with Gasteiger partial charge in [-0.1, -0.05) is 35.5 Å². The van der Waals surface area contributed by atoms with Crippen molar-refractivity contribution in [2.45, 2.75) is 24.8 Å². The zero-order valence-corrected chi connectivity index (χ0v) is 8.74. The van der Waals surface area contributed by atoms with E-state index < -0.39 is 0 Å². The predicted molar refractivity (Wildman–Crippen MR) is 57.8 cm³/mol. The summed E-state index contributed by atoms with van der Waals surface area (Å²) >= 11 is 5.94. The predicted octanol–water partition coefficient (Wildman–Crippen LogP) is 2.81. The number of oxime groups is 1. The summed E-state index contributed by atoms with van der Waals surface area (Å²) in [6.45, 7) is 1.93. The van der Waals surface area contributed by atoms with Gasteiger partial charge in [0.15, 0.2) is 0 Å². The lowest BCUT2D eigenvalue weighted by Crippen LogP contribution is -2.18. The molecule has 74 valence electrons. The lowest BCUT2D eigenvalue weighted by molar-refractivity contribution is 0.0855. The maximum atomic E-state index is 5.94. The SMILES string of the molecule is C[C@H](Cl)[C@@H]1CC(c2ccccc2)=NO1. The highest BCUT2D eigenvalue weighted by Crippen LogP contribution is 2.21. The topological polar surface area (TPSA) is 21.6 Å². The van der Waals surface area contributed by atoms with Crippen molar-refractivity contribution in [3.05, 3.63) is 35.9 Å². The Kier molecular flexibility index (Phi) is 2.73. The Morgan fingerprint density at radius 3 is 2.71 bits per heavy atom. The third-order valence-corrected chi connectivity index (χ3v) is 2.59. The van der Waals surface area contributed by atoms with E-state index in [0.717, 1.165) is 17.7 Å². The first-order valence-corrected chi connectivity index (χ1v) is 5.13. The van der Waals surface area contributed by atoms with Gasteiger partial charge in [-0.15, -0.1) is 11.6 Å². The van der Waals surface area contributed by atoms with Gasteiger partial charge >= 0.3 is 0 Å². The van der Waals surface area contributed by atoms with E-state index in [9.17, 15) is 0 Å². The Bertz CT molecular complexity index is 334. The molecule has 1 aromatic carbocycles. The molecule has 0 spiro atoms. The van der Waals surface area contributed by atoms with Crippen LogP contribution in [0.4, 0.5) is 0 Å². The average molecular weight is 210 g/mol. The third kappa shape index (κ3) is 1.90. The number of benzene rings is 1. The van der Waals surface area contributed by atoms with Crippen LogP contribution in [0, 0.1) is 0 Å². The number of hydrogen-bond acceptors (Lipinski definition) is 2.